The number of benzene rings is 1. The van der Waals surface area contributed by atoms with E-state index in [2.05, 4.69) is 0 Å². The van der Waals surface area contributed by atoms with Crippen molar-refractivity contribution < 1.29 is 14.3 Å². The Hall–Kier alpha value is -1.62. The molecule has 0 saturated heterocycles. The van der Waals surface area contributed by atoms with Crippen molar-refractivity contribution in [1.29, 1.82) is 0 Å². The third-order valence-corrected chi connectivity index (χ3v) is 4.78. The zero-order chi connectivity index (χ0) is 13.5. The van der Waals surface area contributed by atoms with Crippen molar-refractivity contribution in [3.05, 3.63) is 33.5 Å². The van der Waals surface area contributed by atoms with Crippen molar-refractivity contribution in [2.24, 2.45) is 0 Å². The highest BCUT2D eigenvalue weighted by molar-refractivity contribution is 7.16. The number of rotatable bonds is 2. The molecule has 1 N–H and O–H groups in total. The van der Waals surface area contributed by atoms with E-state index in [-0.39, 0.29) is 4.94 Å². The van der Waals surface area contributed by atoms with Crippen LogP contribution in [-0.2, 0) is 10.2 Å². The van der Waals surface area contributed by atoms with Crippen LogP contribution in [0, 0.1) is 0 Å². The first-order chi connectivity index (χ1) is 9.13. The second kappa shape index (κ2) is 4.49. The summed E-state index contributed by atoms with van der Waals surface area (Å²) in [7, 11) is 0. The van der Waals surface area contributed by atoms with E-state index in [4.69, 9.17) is 4.42 Å². The first-order valence-corrected chi connectivity index (χ1v) is 7.22. The molecule has 0 unspecified atom stereocenters. The molecule has 0 bridgehead atoms. The number of hydrogen-bond donors (Lipinski definition) is 1. The van der Waals surface area contributed by atoms with Crippen molar-refractivity contribution in [1.82, 2.24) is 0 Å². The topological polar surface area (TPSA) is 67.5 Å². The normalized spacial score (nSPS) is 18.5. The highest BCUT2D eigenvalue weighted by atomic mass is 32.1. The molecule has 0 radical (unpaired) electrons. The SMILES string of the molecule is O=C(O)C1(c2cccc3sc(=O)oc23)CCCCC1. The minimum atomic E-state index is -0.894. The summed E-state index contributed by atoms with van der Waals surface area (Å²) < 4.78 is 5.96. The van der Waals surface area contributed by atoms with Gasteiger partial charge in [0.05, 0.1) is 10.1 Å². The van der Waals surface area contributed by atoms with Crippen LogP contribution in [0.5, 0.6) is 0 Å². The van der Waals surface area contributed by atoms with Gasteiger partial charge in [-0.1, -0.05) is 42.7 Å². The molecule has 3 rings (SSSR count). The molecule has 2 aromatic rings. The van der Waals surface area contributed by atoms with Crippen LogP contribution in [0.1, 0.15) is 37.7 Å². The van der Waals surface area contributed by atoms with Crippen LogP contribution in [0.3, 0.4) is 0 Å². The molecule has 1 aromatic carbocycles. The van der Waals surface area contributed by atoms with Gasteiger partial charge in [-0.05, 0) is 18.9 Å². The quantitative estimate of drug-likeness (QED) is 0.916. The molecule has 0 amide bonds. The summed E-state index contributed by atoms with van der Waals surface area (Å²) in [6.07, 6.45) is 4.09. The van der Waals surface area contributed by atoms with E-state index >= 15 is 0 Å². The summed E-state index contributed by atoms with van der Waals surface area (Å²) >= 11 is 1.03. The number of carbonyl (C=O) groups is 1. The molecule has 0 spiro atoms. The Morgan fingerprint density at radius 2 is 2.00 bits per heavy atom. The van der Waals surface area contributed by atoms with Gasteiger partial charge in [0.1, 0.15) is 0 Å². The van der Waals surface area contributed by atoms with Crippen LogP contribution >= 0.6 is 11.3 Å². The van der Waals surface area contributed by atoms with E-state index in [9.17, 15) is 14.7 Å². The zero-order valence-electron chi connectivity index (χ0n) is 10.3. The summed E-state index contributed by atoms with van der Waals surface area (Å²) in [4.78, 5) is 22.8. The number of fused-ring (bicyclic) bond motifs is 1. The molecule has 0 aliphatic heterocycles. The number of para-hydroxylation sites is 1. The van der Waals surface area contributed by atoms with Crippen LogP contribution in [0.25, 0.3) is 10.3 Å². The van der Waals surface area contributed by atoms with Gasteiger partial charge in [-0.2, -0.15) is 0 Å². The largest absolute Gasteiger partial charge is 0.481 e. The van der Waals surface area contributed by atoms with Gasteiger partial charge in [0, 0.05) is 5.56 Å². The lowest BCUT2D eigenvalue weighted by Gasteiger charge is -2.33. The third kappa shape index (κ3) is 1.89. The second-order valence-corrected chi connectivity index (χ2v) is 6.01. The molecule has 1 saturated carbocycles. The molecule has 1 aliphatic rings. The van der Waals surface area contributed by atoms with E-state index in [1.165, 1.54) is 0 Å². The molecule has 19 heavy (non-hydrogen) atoms. The Kier molecular flexibility index (Phi) is 2.93. The average molecular weight is 278 g/mol. The van der Waals surface area contributed by atoms with Gasteiger partial charge in [-0.15, -0.1) is 0 Å². The Bertz CT molecular complexity index is 676. The lowest BCUT2D eigenvalue weighted by atomic mass is 9.69. The van der Waals surface area contributed by atoms with Gasteiger partial charge >= 0.3 is 10.9 Å². The first kappa shape index (κ1) is 12.4. The van der Waals surface area contributed by atoms with Crippen molar-refractivity contribution in [2.75, 3.05) is 0 Å². The molecule has 1 aliphatic carbocycles. The number of hydrogen-bond acceptors (Lipinski definition) is 4. The van der Waals surface area contributed by atoms with Gasteiger partial charge in [-0.3, -0.25) is 4.79 Å². The van der Waals surface area contributed by atoms with E-state index in [0.29, 0.717) is 24.0 Å². The van der Waals surface area contributed by atoms with Crippen LogP contribution in [0.4, 0.5) is 0 Å². The fourth-order valence-electron chi connectivity index (χ4n) is 3.03. The van der Waals surface area contributed by atoms with E-state index < -0.39 is 11.4 Å². The Balaban J connectivity index is 2.25. The molecular weight excluding hydrogens is 264 g/mol. The van der Waals surface area contributed by atoms with Gasteiger partial charge in [-0.25, -0.2) is 4.79 Å². The standard InChI is InChI=1S/C14H14O4S/c15-12(16)14(7-2-1-3-8-14)9-5-4-6-10-11(9)18-13(17)19-10/h4-6H,1-3,7-8H2,(H,15,16). The van der Waals surface area contributed by atoms with E-state index in [1.54, 1.807) is 12.1 Å². The van der Waals surface area contributed by atoms with Crippen molar-refractivity contribution in [3.8, 4) is 0 Å². The summed E-state index contributed by atoms with van der Waals surface area (Å²) in [5.41, 5.74) is 0.228. The minimum absolute atomic E-state index is 0.376. The molecular formula is C14H14O4S. The van der Waals surface area contributed by atoms with Crippen molar-refractivity contribution >= 4 is 27.6 Å². The fraction of sp³-hybridized carbons (Fsp3) is 0.429. The molecule has 100 valence electrons. The van der Waals surface area contributed by atoms with E-state index in [0.717, 1.165) is 35.3 Å². The maximum absolute atomic E-state index is 11.8. The van der Waals surface area contributed by atoms with Gasteiger partial charge in [0.25, 0.3) is 0 Å². The molecule has 1 heterocycles. The van der Waals surface area contributed by atoms with Crippen molar-refractivity contribution in [2.45, 2.75) is 37.5 Å². The van der Waals surface area contributed by atoms with Crippen molar-refractivity contribution in [3.63, 3.8) is 0 Å². The van der Waals surface area contributed by atoms with Gasteiger partial charge < -0.3 is 9.52 Å². The number of carboxylic acid groups (broad SMARTS) is 1. The maximum Gasteiger partial charge on any atom is 0.396 e. The monoisotopic (exact) mass is 278 g/mol. The predicted octanol–water partition coefficient (Wildman–Crippen LogP) is 3.14. The first-order valence-electron chi connectivity index (χ1n) is 6.40. The van der Waals surface area contributed by atoms with Crippen LogP contribution in [0.15, 0.2) is 27.4 Å². The summed E-state index contributed by atoms with van der Waals surface area (Å²) in [6.45, 7) is 0. The molecule has 4 nitrogen and oxygen atoms in total. The molecule has 1 fully saturated rings. The number of aliphatic carboxylic acids is 1. The lowest BCUT2D eigenvalue weighted by Crippen LogP contribution is -2.37. The molecule has 1 aromatic heterocycles. The highest BCUT2D eigenvalue weighted by Crippen LogP contribution is 2.42. The van der Waals surface area contributed by atoms with Gasteiger partial charge in [0.2, 0.25) is 0 Å². The molecule has 5 heteroatoms. The zero-order valence-corrected chi connectivity index (χ0v) is 11.2. The molecule has 0 atom stereocenters. The Morgan fingerprint density at radius 3 is 2.68 bits per heavy atom. The van der Waals surface area contributed by atoms with Crippen LogP contribution in [-0.4, -0.2) is 11.1 Å². The summed E-state index contributed by atoms with van der Waals surface area (Å²) in [5.74, 6) is -0.812. The Morgan fingerprint density at radius 1 is 1.26 bits per heavy atom. The second-order valence-electron chi connectivity index (χ2n) is 5.03. The maximum atomic E-state index is 11.8. The summed E-state index contributed by atoms with van der Waals surface area (Å²) in [6, 6.07) is 5.40. The average Bonchev–Trinajstić information content (AvgIpc) is 2.79. The van der Waals surface area contributed by atoms with Crippen LogP contribution < -0.4 is 4.94 Å². The Labute approximate surface area is 113 Å². The predicted molar refractivity (Wildman–Crippen MR) is 72.8 cm³/mol. The highest BCUT2D eigenvalue weighted by Gasteiger charge is 2.43. The fourth-order valence-corrected chi connectivity index (χ4v) is 3.72. The smallest absolute Gasteiger partial charge is 0.396 e. The van der Waals surface area contributed by atoms with Crippen LogP contribution in [0.2, 0.25) is 0 Å². The third-order valence-electron chi connectivity index (χ3n) is 3.99. The lowest BCUT2D eigenvalue weighted by molar-refractivity contribution is -0.145. The van der Waals surface area contributed by atoms with E-state index in [1.807, 2.05) is 6.07 Å². The van der Waals surface area contributed by atoms with Gasteiger partial charge in [0.15, 0.2) is 5.58 Å². The number of carboxylic acids is 1. The summed E-state index contributed by atoms with van der Waals surface area (Å²) in [5, 5.41) is 9.69. The minimum Gasteiger partial charge on any atom is -0.481 e.